The van der Waals surface area contributed by atoms with Crippen LogP contribution in [-0.4, -0.2) is 0 Å². The zero-order valence-electron chi connectivity index (χ0n) is 21.8. The first-order valence-corrected chi connectivity index (χ1v) is 13.4. The number of benzene rings is 4. The van der Waals surface area contributed by atoms with E-state index in [-0.39, 0.29) is 51.0 Å². The fraction of sp³-hybridized carbons (Fsp3) is 0.222. The smallest absolute Gasteiger partial charge is 1.00 e. The number of fused-ring (bicyclic) bond motifs is 6. The molecule has 0 N–H and O–H groups in total. The van der Waals surface area contributed by atoms with E-state index in [4.69, 9.17) is 0 Å². The Bertz CT molecular complexity index is 1280. The molecule has 0 amide bonds. The molecule has 0 aromatic heterocycles. The van der Waals surface area contributed by atoms with Crippen LogP contribution in [-0.2, 0) is 26.2 Å². The van der Waals surface area contributed by atoms with Crippen molar-refractivity contribution in [1.29, 1.82) is 0 Å². The SMILES string of the molecule is [Cl-].[Cl-].[Zr+4].[c-]1cccc2c1C(C1C=CCC1)c1ccccc1-2.[c-]1cccc2c1C(C1C=CCC1)c1ccccc1-2. The zero-order chi connectivity index (χ0) is 23.9. The Balaban J connectivity index is 0.000000168. The van der Waals surface area contributed by atoms with Crippen molar-refractivity contribution in [2.45, 2.75) is 37.5 Å². The summed E-state index contributed by atoms with van der Waals surface area (Å²) >= 11 is 0. The molecule has 4 atom stereocenters. The Morgan fingerprint density at radius 1 is 0.513 bits per heavy atom. The summed E-state index contributed by atoms with van der Waals surface area (Å²) in [5.41, 5.74) is 11.4. The summed E-state index contributed by atoms with van der Waals surface area (Å²) in [6.07, 6.45) is 14.5. The van der Waals surface area contributed by atoms with Gasteiger partial charge in [-0.3, -0.25) is 0 Å². The van der Waals surface area contributed by atoms with Crippen LogP contribution < -0.4 is 24.8 Å². The number of hydrogen-bond acceptors (Lipinski definition) is 0. The van der Waals surface area contributed by atoms with E-state index in [2.05, 4.69) is 121 Å². The van der Waals surface area contributed by atoms with Gasteiger partial charge in [-0.25, -0.2) is 0 Å². The van der Waals surface area contributed by atoms with Crippen LogP contribution >= 0.6 is 0 Å². The Morgan fingerprint density at radius 2 is 0.923 bits per heavy atom. The van der Waals surface area contributed by atoms with Gasteiger partial charge in [0.1, 0.15) is 0 Å². The van der Waals surface area contributed by atoms with E-state index >= 15 is 0 Å². The van der Waals surface area contributed by atoms with Crippen LogP contribution in [0.2, 0.25) is 0 Å². The van der Waals surface area contributed by atoms with Crippen LogP contribution in [0.15, 0.2) is 109 Å². The van der Waals surface area contributed by atoms with Crippen LogP contribution in [0.25, 0.3) is 22.3 Å². The van der Waals surface area contributed by atoms with Crippen molar-refractivity contribution in [3.63, 3.8) is 0 Å². The van der Waals surface area contributed by atoms with Gasteiger partial charge in [-0.1, -0.05) is 84.0 Å². The molecule has 0 saturated carbocycles. The fourth-order valence-corrected chi connectivity index (χ4v) is 6.98. The van der Waals surface area contributed by atoms with Crippen molar-refractivity contribution < 1.29 is 51.0 Å². The molecule has 0 radical (unpaired) electrons. The van der Waals surface area contributed by atoms with Gasteiger partial charge >= 0.3 is 26.2 Å². The van der Waals surface area contributed by atoms with E-state index in [1.165, 1.54) is 70.2 Å². The molecule has 4 aromatic carbocycles. The average Bonchev–Trinajstić information content (AvgIpc) is 3.74. The van der Waals surface area contributed by atoms with Crippen molar-refractivity contribution in [2.24, 2.45) is 11.8 Å². The number of allylic oxidation sites excluding steroid dienone is 4. The minimum atomic E-state index is 0. The van der Waals surface area contributed by atoms with Crippen LogP contribution in [0.4, 0.5) is 0 Å². The van der Waals surface area contributed by atoms with Crippen molar-refractivity contribution in [3.05, 3.63) is 144 Å². The maximum atomic E-state index is 3.49. The first-order valence-electron chi connectivity index (χ1n) is 13.4. The van der Waals surface area contributed by atoms with E-state index in [1.807, 2.05) is 0 Å². The molecule has 4 unspecified atom stereocenters. The predicted octanol–water partition coefficient (Wildman–Crippen LogP) is 3.14. The predicted molar refractivity (Wildman–Crippen MR) is 149 cm³/mol. The van der Waals surface area contributed by atoms with Gasteiger partial charge in [-0.2, -0.15) is 48.5 Å². The molecule has 0 saturated heterocycles. The van der Waals surface area contributed by atoms with E-state index < -0.39 is 0 Å². The minimum Gasteiger partial charge on any atom is -1.00 e. The molecule has 4 aliphatic carbocycles. The van der Waals surface area contributed by atoms with Crippen LogP contribution in [0.3, 0.4) is 0 Å². The van der Waals surface area contributed by atoms with Crippen LogP contribution in [0.5, 0.6) is 0 Å². The van der Waals surface area contributed by atoms with Gasteiger partial charge in [0.05, 0.1) is 0 Å². The Hall–Kier alpha value is -2.18. The first-order chi connectivity index (χ1) is 17.9. The molecule has 0 bridgehead atoms. The molecule has 0 spiro atoms. The first kappa shape index (κ1) is 29.8. The van der Waals surface area contributed by atoms with Crippen molar-refractivity contribution >= 4 is 0 Å². The second kappa shape index (κ2) is 13.0. The monoisotopic (exact) mass is 622 g/mol. The fourth-order valence-electron chi connectivity index (χ4n) is 6.98. The third-order valence-corrected chi connectivity index (χ3v) is 8.53. The molecule has 39 heavy (non-hydrogen) atoms. The van der Waals surface area contributed by atoms with E-state index in [9.17, 15) is 0 Å². The summed E-state index contributed by atoms with van der Waals surface area (Å²) in [5, 5.41) is 0. The molecule has 192 valence electrons. The van der Waals surface area contributed by atoms with Crippen LogP contribution in [0.1, 0.15) is 59.8 Å². The summed E-state index contributed by atoms with van der Waals surface area (Å²) < 4.78 is 0. The van der Waals surface area contributed by atoms with Gasteiger partial charge in [0.2, 0.25) is 0 Å². The summed E-state index contributed by atoms with van der Waals surface area (Å²) in [4.78, 5) is 0. The van der Waals surface area contributed by atoms with E-state index in [1.54, 1.807) is 0 Å². The molecule has 0 nitrogen and oxygen atoms in total. The number of hydrogen-bond donors (Lipinski definition) is 0. The summed E-state index contributed by atoms with van der Waals surface area (Å²) in [6.45, 7) is 0. The quantitative estimate of drug-likeness (QED) is 0.238. The van der Waals surface area contributed by atoms with Crippen molar-refractivity contribution in [1.82, 2.24) is 0 Å². The van der Waals surface area contributed by atoms with E-state index in [0.717, 1.165) is 0 Å². The van der Waals surface area contributed by atoms with Crippen LogP contribution in [0, 0.1) is 24.0 Å². The van der Waals surface area contributed by atoms with Gasteiger partial charge < -0.3 is 24.8 Å². The third-order valence-electron chi connectivity index (χ3n) is 8.53. The average molecular weight is 625 g/mol. The van der Waals surface area contributed by atoms with Gasteiger partial charge in [0, 0.05) is 0 Å². The molecule has 8 rings (SSSR count). The third kappa shape index (κ3) is 5.31. The normalized spacial score (nSPS) is 22.2. The zero-order valence-corrected chi connectivity index (χ0v) is 25.8. The molecule has 0 heterocycles. The summed E-state index contributed by atoms with van der Waals surface area (Å²) in [6, 6.07) is 37.5. The van der Waals surface area contributed by atoms with E-state index in [0.29, 0.717) is 23.7 Å². The molecular formula is C36H30Cl2Zr. The number of halogens is 2. The maximum absolute atomic E-state index is 3.49. The Labute approximate surface area is 264 Å². The number of rotatable bonds is 2. The summed E-state index contributed by atoms with van der Waals surface area (Å²) in [7, 11) is 0. The Morgan fingerprint density at radius 3 is 1.33 bits per heavy atom. The molecule has 0 aliphatic heterocycles. The second-order valence-corrected chi connectivity index (χ2v) is 10.5. The van der Waals surface area contributed by atoms with Crippen molar-refractivity contribution in [2.75, 3.05) is 0 Å². The van der Waals surface area contributed by atoms with Gasteiger partial charge in [-0.05, 0) is 60.5 Å². The molecule has 4 aliphatic rings. The second-order valence-electron chi connectivity index (χ2n) is 10.5. The molecule has 4 aromatic rings. The van der Waals surface area contributed by atoms with Gasteiger partial charge in [0.15, 0.2) is 0 Å². The minimum absolute atomic E-state index is 0. The maximum Gasteiger partial charge on any atom is 4.00 e. The summed E-state index contributed by atoms with van der Waals surface area (Å²) in [5.74, 6) is 2.37. The van der Waals surface area contributed by atoms with Gasteiger partial charge in [0.25, 0.3) is 0 Å². The largest absolute Gasteiger partial charge is 4.00 e. The standard InChI is InChI=1S/2C18H15.2ClH.Zr/c2*1-2-8-13(7-1)18-16-11-5-3-9-14(16)15-10-4-6-12-17(15)18;;;/h2*1,3-7,9-11,13,18H,2,8H2;2*1H;/q2*-1;;;+4/p-2. The molecule has 0 fully saturated rings. The van der Waals surface area contributed by atoms with Crippen molar-refractivity contribution in [3.8, 4) is 22.3 Å². The topological polar surface area (TPSA) is 0 Å². The van der Waals surface area contributed by atoms with Gasteiger partial charge in [-0.15, -0.1) is 22.3 Å². The molecule has 3 heteroatoms. The molecular weight excluding hydrogens is 595 g/mol. The Kier molecular flexibility index (Phi) is 9.93.